The molecule has 2 heterocycles. The molecule has 0 unspecified atom stereocenters. The summed E-state index contributed by atoms with van der Waals surface area (Å²) in [6.07, 6.45) is 3.28. The van der Waals surface area contributed by atoms with Crippen LogP contribution < -0.4 is 5.32 Å². The van der Waals surface area contributed by atoms with Crippen LogP contribution in [0.5, 0.6) is 0 Å². The molecule has 0 bridgehead atoms. The highest BCUT2D eigenvalue weighted by Crippen LogP contribution is 2.26. The minimum Gasteiger partial charge on any atom is -0.353 e. The van der Waals surface area contributed by atoms with E-state index in [9.17, 15) is 13.2 Å². The van der Waals surface area contributed by atoms with Crippen molar-refractivity contribution in [2.24, 2.45) is 5.92 Å². The summed E-state index contributed by atoms with van der Waals surface area (Å²) in [6, 6.07) is 5.03. The summed E-state index contributed by atoms with van der Waals surface area (Å²) in [5.41, 5.74) is 0.590. The number of likely N-dealkylation sites (tertiary alicyclic amines) is 1. The second-order valence-electron chi connectivity index (χ2n) is 7.79. The first-order valence-corrected chi connectivity index (χ1v) is 12.0. The molecule has 1 N–H and O–H groups in total. The van der Waals surface area contributed by atoms with Crippen LogP contribution >= 0.6 is 23.2 Å². The molecule has 28 heavy (non-hydrogen) atoms. The Labute approximate surface area is 177 Å². The van der Waals surface area contributed by atoms with Crippen LogP contribution in [0.25, 0.3) is 0 Å². The zero-order valence-corrected chi connectivity index (χ0v) is 18.4. The number of benzene rings is 1. The largest absolute Gasteiger partial charge is 0.353 e. The summed E-state index contributed by atoms with van der Waals surface area (Å²) in [7, 11) is -1.45. The van der Waals surface area contributed by atoms with Crippen LogP contribution in [0.2, 0.25) is 10.0 Å². The number of halogens is 2. The average molecular weight is 448 g/mol. The molecule has 1 aromatic rings. The fourth-order valence-corrected chi connectivity index (χ4v) is 5.73. The first-order valence-electron chi connectivity index (χ1n) is 9.65. The van der Waals surface area contributed by atoms with Crippen LogP contribution in [0.4, 0.5) is 0 Å². The standard InChI is InChI=1S/C19H27Cl2N3O3S/c1-23-9-6-16(7-10-23)22-19(25)15-3-2-8-24(12-15)28(26,27)13-14-4-5-17(20)18(21)11-14/h4-5,11,15-16H,2-3,6-10,12-13H2,1H3,(H,22,25)/t15-/m1/s1. The van der Waals surface area contributed by atoms with Crippen molar-refractivity contribution in [3.8, 4) is 0 Å². The van der Waals surface area contributed by atoms with Gasteiger partial charge in [-0.15, -0.1) is 0 Å². The van der Waals surface area contributed by atoms with Crippen LogP contribution in [0.1, 0.15) is 31.2 Å². The van der Waals surface area contributed by atoms with Gasteiger partial charge in [-0.3, -0.25) is 4.79 Å². The molecule has 0 aromatic heterocycles. The predicted octanol–water partition coefficient (Wildman–Crippen LogP) is 2.75. The van der Waals surface area contributed by atoms with Gasteiger partial charge in [-0.1, -0.05) is 29.3 Å². The summed E-state index contributed by atoms with van der Waals surface area (Å²) in [4.78, 5) is 14.9. The van der Waals surface area contributed by atoms with Crippen molar-refractivity contribution >= 4 is 39.1 Å². The van der Waals surface area contributed by atoms with Crippen molar-refractivity contribution in [3.63, 3.8) is 0 Å². The molecule has 2 fully saturated rings. The Bertz CT molecular complexity index is 811. The maximum Gasteiger partial charge on any atom is 0.224 e. The number of rotatable bonds is 5. The Balaban J connectivity index is 1.59. The Morgan fingerprint density at radius 3 is 2.54 bits per heavy atom. The predicted molar refractivity (Wildman–Crippen MR) is 112 cm³/mol. The molecule has 9 heteroatoms. The van der Waals surface area contributed by atoms with E-state index in [0.717, 1.165) is 32.4 Å². The van der Waals surface area contributed by atoms with E-state index in [1.54, 1.807) is 18.2 Å². The van der Waals surface area contributed by atoms with Gasteiger partial charge in [-0.25, -0.2) is 12.7 Å². The van der Waals surface area contributed by atoms with Gasteiger partial charge in [0.15, 0.2) is 0 Å². The van der Waals surface area contributed by atoms with Crippen molar-refractivity contribution < 1.29 is 13.2 Å². The monoisotopic (exact) mass is 447 g/mol. The highest BCUT2D eigenvalue weighted by Gasteiger charge is 2.33. The number of hydrogen-bond donors (Lipinski definition) is 1. The maximum absolute atomic E-state index is 12.9. The second-order valence-corrected chi connectivity index (χ2v) is 10.6. The smallest absolute Gasteiger partial charge is 0.224 e. The number of sulfonamides is 1. The molecule has 0 radical (unpaired) electrons. The van der Waals surface area contributed by atoms with E-state index >= 15 is 0 Å². The van der Waals surface area contributed by atoms with Crippen LogP contribution in [-0.4, -0.2) is 62.8 Å². The van der Waals surface area contributed by atoms with Gasteiger partial charge in [0.1, 0.15) is 0 Å². The summed E-state index contributed by atoms with van der Waals surface area (Å²) in [5.74, 6) is -0.464. The molecular weight excluding hydrogens is 421 g/mol. The minimum absolute atomic E-state index is 0.0241. The molecule has 2 aliphatic heterocycles. The van der Waals surface area contributed by atoms with E-state index in [-0.39, 0.29) is 30.2 Å². The lowest BCUT2D eigenvalue weighted by atomic mass is 9.97. The topological polar surface area (TPSA) is 69.7 Å². The first-order chi connectivity index (χ1) is 13.2. The number of carbonyl (C=O) groups excluding carboxylic acids is 1. The number of nitrogens with one attached hydrogen (secondary N) is 1. The van der Waals surface area contributed by atoms with Gasteiger partial charge in [-0.05, 0) is 63.5 Å². The summed E-state index contributed by atoms with van der Waals surface area (Å²) < 4.78 is 27.2. The number of piperidine rings is 2. The van der Waals surface area contributed by atoms with Gasteiger partial charge < -0.3 is 10.2 Å². The quantitative estimate of drug-likeness (QED) is 0.752. The van der Waals surface area contributed by atoms with E-state index in [2.05, 4.69) is 17.3 Å². The molecule has 1 amide bonds. The molecule has 0 saturated carbocycles. The molecule has 6 nitrogen and oxygen atoms in total. The van der Waals surface area contributed by atoms with Gasteiger partial charge in [0, 0.05) is 19.1 Å². The van der Waals surface area contributed by atoms with E-state index in [1.807, 2.05) is 0 Å². The normalized spacial score (nSPS) is 22.9. The number of amides is 1. The third-order valence-electron chi connectivity index (χ3n) is 5.55. The molecule has 1 aromatic carbocycles. The fourth-order valence-electron chi connectivity index (χ4n) is 3.81. The van der Waals surface area contributed by atoms with Crippen LogP contribution in [-0.2, 0) is 20.6 Å². The molecule has 0 aliphatic carbocycles. The lowest BCUT2D eigenvalue weighted by molar-refractivity contribution is -0.127. The molecule has 156 valence electrons. The lowest BCUT2D eigenvalue weighted by Crippen LogP contribution is -2.49. The molecule has 1 atom stereocenters. The summed E-state index contributed by atoms with van der Waals surface area (Å²) in [6.45, 7) is 2.63. The minimum atomic E-state index is -3.53. The SMILES string of the molecule is CN1CCC(NC(=O)[C@@H]2CCCN(S(=O)(=O)Cc3ccc(Cl)c(Cl)c3)C2)CC1. The van der Waals surface area contributed by atoms with Crippen molar-refractivity contribution in [2.45, 2.75) is 37.5 Å². The van der Waals surface area contributed by atoms with Gasteiger partial charge in [-0.2, -0.15) is 0 Å². The van der Waals surface area contributed by atoms with Crippen molar-refractivity contribution in [3.05, 3.63) is 33.8 Å². The van der Waals surface area contributed by atoms with Crippen LogP contribution in [0.3, 0.4) is 0 Å². The Kier molecular flexibility index (Phi) is 7.26. The Morgan fingerprint density at radius 2 is 1.86 bits per heavy atom. The summed E-state index contributed by atoms with van der Waals surface area (Å²) >= 11 is 11.9. The first kappa shape index (κ1) is 21.8. The molecule has 0 spiro atoms. The molecule has 2 aliphatic rings. The highest BCUT2D eigenvalue weighted by molar-refractivity contribution is 7.88. The van der Waals surface area contributed by atoms with Gasteiger partial charge in [0.25, 0.3) is 0 Å². The maximum atomic E-state index is 12.9. The van der Waals surface area contributed by atoms with Crippen molar-refractivity contribution in [1.29, 1.82) is 0 Å². The zero-order valence-electron chi connectivity index (χ0n) is 16.0. The van der Waals surface area contributed by atoms with Crippen molar-refractivity contribution in [2.75, 3.05) is 33.2 Å². The van der Waals surface area contributed by atoms with Crippen LogP contribution in [0, 0.1) is 5.92 Å². The summed E-state index contributed by atoms with van der Waals surface area (Å²) in [5, 5.41) is 3.86. The van der Waals surface area contributed by atoms with Gasteiger partial charge in [0.05, 0.1) is 21.7 Å². The molecule has 3 rings (SSSR count). The second kappa shape index (κ2) is 9.30. The number of carbonyl (C=O) groups is 1. The van der Waals surface area contributed by atoms with Gasteiger partial charge in [0.2, 0.25) is 15.9 Å². The molecular formula is C19H27Cl2N3O3S. The Hall–Kier alpha value is -0.860. The van der Waals surface area contributed by atoms with Gasteiger partial charge >= 0.3 is 0 Å². The zero-order chi connectivity index (χ0) is 20.3. The third-order valence-corrected chi connectivity index (χ3v) is 8.10. The lowest BCUT2D eigenvalue weighted by Gasteiger charge is -2.34. The van der Waals surface area contributed by atoms with Crippen molar-refractivity contribution in [1.82, 2.24) is 14.5 Å². The highest BCUT2D eigenvalue weighted by atomic mass is 35.5. The Morgan fingerprint density at radius 1 is 1.14 bits per heavy atom. The number of hydrogen-bond acceptors (Lipinski definition) is 4. The van der Waals surface area contributed by atoms with Crippen LogP contribution in [0.15, 0.2) is 18.2 Å². The number of nitrogens with zero attached hydrogens (tertiary/aromatic N) is 2. The molecule has 2 saturated heterocycles. The van der Waals surface area contributed by atoms with E-state index in [0.29, 0.717) is 28.6 Å². The van der Waals surface area contributed by atoms with E-state index in [1.165, 1.54) is 4.31 Å². The van der Waals surface area contributed by atoms with E-state index in [4.69, 9.17) is 23.2 Å². The fraction of sp³-hybridized carbons (Fsp3) is 0.632. The van der Waals surface area contributed by atoms with E-state index < -0.39 is 10.0 Å². The average Bonchev–Trinajstić information content (AvgIpc) is 2.66. The third kappa shape index (κ3) is 5.60.